The lowest BCUT2D eigenvalue weighted by Gasteiger charge is -2.35. The van der Waals surface area contributed by atoms with Gasteiger partial charge in [-0.25, -0.2) is 0 Å². The van der Waals surface area contributed by atoms with E-state index in [2.05, 4.69) is 56.9 Å². The number of rotatable bonds is 6. The SMILES string of the molecule is CC(C)Cc1ccc(C(CN)N2CCCC2C(C)C)cc1. The van der Waals surface area contributed by atoms with Gasteiger partial charge in [0.05, 0.1) is 0 Å². The normalized spacial score (nSPS) is 21.4. The predicted octanol–water partition coefficient (Wildman–Crippen LogP) is 4.01. The van der Waals surface area contributed by atoms with Crippen molar-refractivity contribution in [3.8, 4) is 0 Å². The van der Waals surface area contributed by atoms with Gasteiger partial charge in [-0.3, -0.25) is 4.90 Å². The maximum absolute atomic E-state index is 6.12. The van der Waals surface area contributed by atoms with Crippen LogP contribution in [0.2, 0.25) is 0 Å². The van der Waals surface area contributed by atoms with Gasteiger partial charge in [-0.1, -0.05) is 52.0 Å². The summed E-state index contributed by atoms with van der Waals surface area (Å²) in [6.07, 6.45) is 3.79. The Morgan fingerprint density at radius 1 is 1.14 bits per heavy atom. The van der Waals surface area contributed by atoms with E-state index in [0.29, 0.717) is 30.5 Å². The molecule has 1 fully saturated rings. The molecule has 0 amide bonds. The molecule has 0 saturated carbocycles. The zero-order valence-corrected chi connectivity index (χ0v) is 14.2. The summed E-state index contributed by atoms with van der Waals surface area (Å²) in [4.78, 5) is 2.64. The second-order valence-electron chi connectivity index (χ2n) is 7.28. The molecule has 0 aromatic heterocycles. The molecule has 1 heterocycles. The van der Waals surface area contributed by atoms with Crippen molar-refractivity contribution in [3.05, 3.63) is 35.4 Å². The van der Waals surface area contributed by atoms with Crippen LogP contribution in [0.15, 0.2) is 24.3 Å². The monoisotopic (exact) mass is 288 g/mol. The van der Waals surface area contributed by atoms with Crippen molar-refractivity contribution in [2.24, 2.45) is 17.6 Å². The number of hydrogen-bond donors (Lipinski definition) is 1. The molecular weight excluding hydrogens is 256 g/mol. The van der Waals surface area contributed by atoms with Crippen LogP contribution < -0.4 is 5.73 Å². The Morgan fingerprint density at radius 3 is 2.33 bits per heavy atom. The average Bonchev–Trinajstić information content (AvgIpc) is 2.90. The van der Waals surface area contributed by atoms with Crippen LogP contribution in [0.25, 0.3) is 0 Å². The zero-order valence-electron chi connectivity index (χ0n) is 14.2. The molecule has 0 spiro atoms. The summed E-state index contributed by atoms with van der Waals surface area (Å²) in [5, 5.41) is 0. The van der Waals surface area contributed by atoms with E-state index in [1.54, 1.807) is 0 Å². The van der Waals surface area contributed by atoms with Crippen LogP contribution in [0.3, 0.4) is 0 Å². The summed E-state index contributed by atoms with van der Waals surface area (Å²) in [6, 6.07) is 10.2. The minimum Gasteiger partial charge on any atom is -0.329 e. The summed E-state index contributed by atoms with van der Waals surface area (Å²) in [5.74, 6) is 1.42. The van der Waals surface area contributed by atoms with Crippen molar-refractivity contribution in [2.45, 2.75) is 59.0 Å². The Morgan fingerprint density at radius 2 is 1.81 bits per heavy atom. The van der Waals surface area contributed by atoms with Crippen molar-refractivity contribution in [1.29, 1.82) is 0 Å². The molecule has 0 radical (unpaired) electrons. The first-order valence-corrected chi connectivity index (χ1v) is 8.57. The molecule has 2 nitrogen and oxygen atoms in total. The predicted molar refractivity (Wildman–Crippen MR) is 91.3 cm³/mol. The standard InChI is InChI=1S/C19H32N2/c1-14(2)12-16-7-9-17(10-8-16)19(13-20)21-11-5-6-18(21)15(3)4/h7-10,14-15,18-19H,5-6,11-13,20H2,1-4H3. The van der Waals surface area contributed by atoms with Crippen molar-refractivity contribution in [2.75, 3.05) is 13.1 Å². The number of nitrogens with zero attached hydrogens (tertiary/aromatic N) is 1. The van der Waals surface area contributed by atoms with Crippen LogP contribution in [0, 0.1) is 11.8 Å². The molecule has 1 saturated heterocycles. The van der Waals surface area contributed by atoms with Gasteiger partial charge in [0, 0.05) is 18.6 Å². The third-order valence-corrected chi connectivity index (χ3v) is 4.74. The second kappa shape index (κ2) is 7.42. The summed E-state index contributed by atoms with van der Waals surface area (Å²) in [5.41, 5.74) is 8.95. The fourth-order valence-corrected chi connectivity index (χ4v) is 3.73. The Balaban J connectivity index is 2.13. The van der Waals surface area contributed by atoms with Crippen molar-refractivity contribution < 1.29 is 0 Å². The minimum atomic E-state index is 0.382. The van der Waals surface area contributed by atoms with E-state index in [4.69, 9.17) is 5.73 Å². The highest BCUT2D eigenvalue weighted by Gasteiger charge is 2.32. The summed E-state index contributed by atoms with van der Waals surface area (Å²) in [6.45, 7) is 11.1. The van der Waals surface area contributed by atoms with E-state index >= 15 is 0 Å². The number of benzene rings is 1. The van der Waals surface area contributed by atoms with E-state index < -0.39 is 0 Å². The fraction of sp³-hybridized carbons (Fsp3) is 0.684. The van der Waals surface area contributed by atoms with Crippen LogP contribution in [0.4, 0.5) is 0 Å². The van der Waals surface area contributed by atoms with Gasteiger partial charge < -0.3 is 5.73 Å². The first-order chi connectivity index (χ1) is 10.0. The van der Waals surface area contributed by atoms with E-state index in [9.17, 15) is 0 Å². The maximum Gasteiger partial charge on any atom is 0.0473 e. The molecule has 118 valence electrons. The number of likely N-dealkylation sites (tertiary alicyclic amines) is 1. The van der Waals surface area contributed by atoms with Gasteiger partial charge in [0.1, 0.15) is 0 Å². The van der Waals surface area contributed by atoms with Crippen LogP contribution in [-0.2, 0) is 6.42 Å². The molecule has 2 rings (SSSR count). The molecule has 0 bridgehead atoms. The molecule has 1 aromatic carbocycles. The quantitative estimate of drug-likeness (QED) is 0.857. The van der Waals surface area contributed by atoms with Gasteiger partial charge in [0.15, 0.2) is 0 Å². The van der Waals surface area contributed by atoms with E-state index in [1.807, 2.05) is 0 Å². The van der Waals surface area contributed by atoms with Gasteiger partial charge in [-0.2, -0.15) is 0 Å². The van der Waals surface area contributed by atoms with Crippen LogP contribution >= 0.6 is 0 Å². The van der Waals surface area contributed by atoms with Crippen molar-refractivity contribution in [3.63, 3.8) is 0 Å². The Bertz CT molecular complexity index is 422. The molecular formula is C19H32N2. The van der Waals surface area contributed by atoms with Crippen LogP contribution in [-0.4, -0.2) is 24.0 Å². The van der Waals surface area contributed by atoms with Gasteiger partial charge in [0.2, 0.25) is 0 Å². The zero-order chi connectivity index (χ0) is 15.4. The lowest BCUT2D eigenvalue weighted by molar-refractivity contribution is 0.149. The molecule has 1 aromatic rings. The van der Waals surface area contributed by atoms with E-state index in [-0.39, 0.29) is 0 Å². The third-order valence-electron chi connectivity index (χ3n) is 4.74. The third kappa shape index (κ3) is 4.08. The summed E-state index contributed by atoms with van der Waals surface area (Å²) in [7, 11) is 0. The molecule has 2 heteroatoms. The van der Waals surface area contributed by atoms with Crippen LogP contribution in [0.1, 0.15) is 57.7 Å². The Labute approximate surface area is 130 Å². The highest BCUT2D eigenvalue weighted by Crippen LogP contribution is 2.32. The summed E-state index contributed by atoms with van der Waals surface area (Å²) >= 11 is 0. The molecule has 1 aliphatic heterocycles. The topological polar surface area (TPSA) is 29.3 Å². The fourth-order valence-electron chi connectivity index (χ4n) is 3.73. The van der Waals surface area contributed by atoms with Gasteiger partial charge in [0.25, 0.3) is 0 Å². The molecule has 2 unspecified atom stereocenters. The molecule has 1 aliphatic rings. The number of nitrogens with two attached hydrogens (primary N) is 1. The average molecular weight is 288 g/mol. The van der Waals surface area contributed by atoms with E-state index in [0.717, 1.165) is 6.42 Å². The van der Waals surface area contributed by atoms with Crippen molar-refractivity contribution in [1.82, 2.24) is 4.90 Å². The van der Waals surface area contributed by atoms with Gasteiger partial charge in [-0.15, -0.1) is 0 Å². The Hall–Kier alpha value is -0.860. The first kappa shape index (κ1) is 16.5. The maximum atomic E-state index is 6.12. The van der Waals surface area contributed by atoms with Gasteiger partial charge >= 0.3 is 0 Å². The van der Waals surface area contributed by atoms with Gasteiger partial charge in [-0.05, 0) is 48.8 Å². The highest BCUT2D eigenvalue weighted by atomic mass is 15.2. The lowest BCUT2D eigenvalue weighted by Crippen LogP contribution is -2.39. The molecule has 2 N–H and O–H groups in total. The number of hydrogen-bond acceptors (Lipinski definition) is 2. The lowest BCUT2D eigenvalue weighted by atomic mass is 9.96. The highest BCUT2D eigenvalue weighted by molar-refractivity contribution is 5.26. The van der Waals surface area contributed by atoms with E-state index in [1.165, 1.54) is 30.5 Å². The Kier molecular flexibility index (Phi) is 5.83. The molecule has 21 heavy (non-hydrogen) atoms. The largest absolute Gasteiger partial charge is 0.329 e. The second-order valence-corrected chi connectivity index (χ2v) is 7.28. The first-order valence-electron chi connectivity index (χ1n) is 8.57. The van der Waals surface area contributed by atoms with Crippen molar-refractivity contribution >= 4 is 0 Å². The smallest absolute Gasteiger partial charge is 0.0473 e. The van der Waals surface area contributed by atoms with Crippen LogP contribution in [0.5, 0.6) is 0 Å². The summed E-state index contributed by atoms with van der Waals surface area (Å²) < 4.78 is 0. The molecule has 0 aliphatic carbocycles. The molecule has 2 atom stereocenters. The minimum absolute atomic E-state index is 0.382.